The van der Waals surface area contributed by atoms with Crippen molar-refractivity contribution in [2.75, 3.05) is 14.2 Å². The number of aryl methyl sites for hydroxylation is 1. The van der Waals surface area contributed by atoms with Crippen molar-refractivity contribution in [3.05, 3.63) is 53.6 Å². The van der Waals surface area contributed by atoms with Crippen molar-refractivity contribution >= 4 is 16.9 Å². The number of benzene rings is 2. The van der Waals surface area contributed by atoms with Gasteiger partial charge >= 0.3 is 5.97 Å². The van der Waals surface area contributed by atoms with E-state index >= 15 is 0 Å². The zero-order valence-electron chi connectivity index (χ0n) is 14.4. The molecule has 5 nitrogen and oxygen atoms in total. The number of pyridine rings is 1. The van der Waals surface area contributed by atoms with Crippen LogP contribution < -0.4 is 9.47 Å². The summed E-state index contributed by atoms with van der Waals surface area (Å²) in [7, 11) is 3.05. The van der Waals surface area contributed by atoms with Gasteiger partial charge in [-0.1, -0.05) is 31.2 Å². The Balaban J connectivity index is 2.25. The maximum absolute atomic E-state index is 11.8. The molecule has 0 saturated heterocycles. The normalized spacial score (nSPS) is 10.7. The molecule has 25 heavy (non-hydrogen) atoms. The van der Waals surface area contributed by atoms with Gasteiger partial charge in [-0.3, -0.25) is 0 Å². The first-order chi connectivity index (χ1) is 12.1. The van der Waals surface area contributed by atoms with Gasteiger partial charge in [0, 0.05) is 17.0 Å². The number of aromatic nitrogens is 1. The van der Waals surface area contributed by atoms with Crippen molar-refractivity contribution in [2.24, 2.45) is 0 Å². The second kappa shape index (κ2) is 6.81. The van der Waals surface area contributed by atoms with E-state index in [4.69, 9.17) is 9.47 Å². The SMILES string of the molecule is CCc1ccc(-c2cc(C(=O)O)c3cc(OC)c(OC)cc3n2)cc1. The van der Waals surface area contributed by atoms with Crippen molar-refractivity contribution < 1.29 is 19.4 Å². The zero-order chi connectivity index (χ0) is 18.0. The van der Waals surface area contributed by atoms with E-state index in [9.17, 15) is 9.90 Å². The molecule has 0 unspecified atom stereocenters. The van der Waals surface area contributed by atoms with Crippen molar-refractivity contribution in [1.82, 2.24) is 4.98 Å². The minimum atomic E-state index is -1.01. The van der Waals surface area contributed by atoms with E-state index in [0.29, 0.717) is 28.1 Å². The fraction of sp³-hybridized carbons (Fsp3) is 0.200. The smallest absolute Gasteiger partial charge is 0.336 e. The van der Waals surface area contributed by atoms with Gasteiger partial charge in [-0.2, -0.15) is 0 Å². The lowest BCUT2D eigenvalue weighted by atomic mass is 10.0. The number of fused-ring (bicyclic) bond motifs is 1. The molecule has 3 rings (SSSR count). The van der Waals surface area contributed by atoms with Crippen LogP contribution in [-0.4, -0.2) is 30.3 Å². The molecule has 0 saturated carbocycles. The van der Waals surface area contributed by atoms with E-state index in [-0.39, 0.29) is 5.56 Å². The lowest BCUT2D eigenvalue weighted by Gasteiger charge is -2.12. The van der Waals surface area contributed by atoms with Crippen LogP contribution >= 0.6 is 0 Å². The van der Waals surface area contributed by atoms with E-state index in [1.165, 1.54) is 19.8 Å². The van der Waals surface area contributed by atoms with E-state index in [1.807, 2.05) is 24.3 Å². The molecule has 0 bridgehead atoms. The summed E-state index contributed by atoms with van der Waals surface area (Å²) in [6.07, 6.45) is 0.947. The molecule has 1 aromatic heterocycles. The summed E-state index contributed by atoms with van der Waals surface area (Å²) >= 11 is 0. The molecule has 0 fully saturated rings. The molecule has 1 N–H and O–H groups in total. The molecular weight excluding hydrogens is 318 g/mol. The van der Waals surface area contributed by atoms with Gasteiger partial charge in [0.2, 0.25) is 0 Å². The minimum absolute atomic E-state index is 0.181. The third-order valence-corrected chi connectivity index (χ3v) is 4.20. The summed E-state index contributed by atoms with van der Waals surface area (Å²) in [6.45, 7) is 2.09. The Labute approximate surface area is 145 Å². The van der Waals surface area contributed by atoms with Crippen molar-refractivity contribution in [3.63, 3.8) is 0 Å². The highest BCUT2D eigenvalue weighted by Crippen LogP contribution is 2.34. The Kier molecular flexibility index (Phi) is 4.57. The van der Waals surface area contributed by atoms with Crippen LogP contribution in [0.4, 0.5) is 0 Å². The molecule has 0 radical (unpaired) electrons. The number of rotatable bonds is 5. The first kappa shape index (κ1) is 16.8. The summed E-state index contributed by atoms with van der Waals surface area (Å²) in [5, 5.41) is 10.1. The number of hydrogen-bond donors (Lipinski definition) is 1. The van der Waals surface area contributed by atoms with Crippen LogP contribution in [0.1, 0.15) is 22.8 Å². The fourth-order valence-corrected chi connectivity index (χ4v) is 2.79. The lowest BCUT2D eigenvalue weighted by molar-refractivity contribution is 0.0699. The predicted octanol–water partition coefficient (Wildman–Crippen LogP) is 4.18. The van der Waals surface area contributed by atoms with Crippen molar-refractivity contribution in [2.45, 2.75) is 13.3 Å². The molecule has 0 spiro atoms. The molecule has 0 aliphatic rings. The molecule has 5 heteroatoms. The predicted molar refractivity (Wildman–Crippen MR) is 96.6 cm³/mol. The fourth-order valence-electron chi connectivity index (χ4n) is 2.79. The van der Waals surface area contributed by atoms with Crippen LogP contribution in [0.3, 0.4) is 0 Å². The van der Waals surface area contributed by atoms with Crippen molar-refractivity contribution in [1.29, 1.82) is 0 Å². The lowest BCUT2D eigenvalue weighted by Crippen LogP contribution is -2.01. The average molecular weight is 337 g/mol. The van der Waals surface area contributed by atoms with Crippen LogP contribution in [0.15, 0.2) is 42.5 Å². The number of hydrogen-bond acceptors (Lipinski definition) is 4. The molecule has 0 amide bonds. The molecule has 128 valence electrons. The van der Waals surface area contributed by atoms with Gasteiger partial charge in [0.1, 0.15) is 0 Å². The Bertz CT molecular complexity index is 933. The average Bonchev–Trinajstić information content (AvgIpc) is 2.65. The van der Waals surface area contributed by atoms with Gasteiger partial charge in [-0.25, -0.2) is 9.78 Å². The monoisotopic (exact) mass is 337 g/mol. The van der Waals surface area contributed by atoms with Crippen LogP contribution in [0.2, 0.25) is 0 Å². The minimum Gasteiger partial charge on any atom is -0.493 e. The topological polar surface area (TPSA) is 68.7 Å². The molecule has 1 heterocycles. The molecule has 0 aliphatic heterocycles. The summed E-state index contributed by atoms with van der Waals surface area (Å²) in [6, 6.07) is 12.9. The Morgan fingerprint density at radius 2 is 1.68 bits per heavy atom. The second-order valence-corrected chi connectivity index (χ2v) is 5.64. The van der Waals surface area contributed by atoms with Crippen LogP contribution in [0, 0.1) is 0 Å². The second-order valence-electron chi connectivity index (χ2n) is 5.64. The van der Waals surface area contributed by atoms with Crippen molar-refractivity contribution in [3.8, 4) is 22.8 Å². The summed E-state index contributed by atoms with van der Waals surface area (Å²) in [5.74, 6) is -0.0253. The third-order valence-electron chi connectivity index (χ3n) is 4.20. The van der Waals surface area contributed by atoms with Crippen LogP contribution in [-0.2, 0) is 6.42 Å². The number of aromatic carboxylic acids is 1. The summed E-state index contributed by atoms with van der Waals surface area (Å²) in [5.41, 5.74) is 3.43. The zero-order valence-corrected chi connectivity index (χ0v) is 14.4. The number of carbonyl (C=O) groups is 1. The molecule has 3 aromatic rings. The van der Waals surface area contributed by atoms with Gasteiger partial charge in [0.15, 0.2) is 11.5 Å². The molecule has 0 atom stereocenters. The van der Waals surface area contributed by atoms with Gasteiger partial charge in [-0.05, 0) is 24.1 Å². The number of ether oxygens (including phenoxy) is 2. The van der Waals surface area contributed by atoms with E-state index < -0.39 is 5.97 Å². The molecular formula is C20H19NO4. The highest BCUT2D eigenvalue weighted by Gasteiger charge is 2.16. The van der Waals surface area contributed by atoms with E-state index in [2.05, 4.69) is 11.9 Å². The Hall–Kier alpha value is -3.08. The summed E-state index contributed by atoms with van der Waals surface area (Å²) in [4.78, 5) is 16.4. The van der Waals surface area contributed by atoms with Gasteiger partial charge in [0.25, 0.3) is 0 Å². The van der Waals surface area contributed by atoms with E-state index in [1.54, 1.807) is 18.2 Å². The molecule has 2 aromatic carbocycles. The standard InChI is InChI=1S/C20H19NO4/c1-4-12-5-7-13(8-6-12)16-9-15(20(22)23)14-10-18(24-2)19(25-3)11-17(14)21-16/h5-11H,4H2,1-3H3,(H,22,23). The maximum Gasteiger partial charge on any atom is 0.336 e. The quantitative estimate of drug-likeness (QED) is 0.756. The Morgan fingerprint density at radius 3 is 2.24 bits per heavy atom. The maximum atomic E-state index is 11.8. The number of nitrogens with zero attached hydrogens (tertiary/aromatic N) is 1. The summed E-state index contributed by atoms with van der Waals surface area (Å²) < 4.78 is 10.6. The molecule has 0 aliphatic carbocycles. The third kappa shape index (κ3) is 3.13. The Morgan fingerprint density at radius 1 is 1.04 bits per heavy atom. The van der Waals surface area contributed by atoms with Gasteiger partial charge < -0.3 is 14.6 Å². The largest absolute Gasteiger partial charge is 0.493 e. The first-order valence-electron chi connectivity index (χ1n) is 7.96. The first-order valence-corrected chi connectivity index (χ1v) is 7.96. The van der Waals surface area contributed by atoms with Crippen LogP contribution in [0.5, 0.6) is 11.5 Å². The number of carboxylic acid groups (broad SMARTS) is 1. The highest BCUT2D eigenvalue weighted by molar-refractivity contribution is 6.04. The van der Waals surface area contributed by atoms with Gasteiger partial charge in [0.05, 0.1) is 31.0 Å². The van der Waals surface area contributed by atoms with E-state index in [0.717, 1.165) is 12.0 Å². The van der Waals surface area contributed by atoms with Crippen LogP contribution in [0.25, 0.3) is 22.2 Å². The number of carboxylic acids is 1. The number of methoxy groups -OCH3 is 2. The highest BCUT2D eigenvalue weighted by atomic mass is 16.5. The van der Waals surface area contributed by atoms with Gasteiger partial charge in [-0.15, -0.1) is 0 Å².